The largest absolute Gasteiger partial charge is 0.312 e. The van der Waals surface area contributed by atoms with E-state index in [4.69, 9.17) is 0 Å². The summed E-state index contributed by atoms with van der Waals surface area (Å²) < 4.78 is 26.3. The fraction of sp³-hybridized carbons (Fsp3) is 1.00. The summed E-state index contributed by atoms with van der Waals surface area (Å²) in [5, 5.41) is 3.17. The van der Waals surface area contributed by atoms with Crippen molar-refractivity contribution in [1.82, 2.24) is 14.3 Å². The standard InChI is InChI=1S/C6H15N3O2S/c1-6-5-9(4-3-8-6)12(10,11)7-2/h6-8H,3-5H2,1-2H3. The Balaban J connectivity index is 2.63. The number of rotatable bonds is 2. The molecule has 1 heterocycles. The van der Waals surface area contributed by atoms with Crippen molar-refractivity contribution in [2.75, 3.05) is 26.7 Å². The van der Waals surface area contributed by atoms with Gasteiger partial charge in [-0.3, -0.25) is 0 Å². The summed E-state index contributed by atoms with van der Waals surface area (Å²) in [5.74, 6) is 0. The molecule has 0 aromatic heterocycles. The first-order valence-corrected chi connectivity index (χ1v) is 5.42. The van der Waals surface area contributed by atoms with Gasteiger partial charge in [0.25, 0.3) is 10.2 Å². The van der Waals surface area contributed by atoms with Crippen LogP contribution in [0.2, 0.25) is 0 Å². The van der Waals surface area contributed by atoms with E-state index in [2.05, 4.69) is 10.0 Å². The molecule has 1 rings (SSSR count). The maximum absolute atomic E-state index is 11.3. The molecule has 0 spiro atoms. The van der Waals surface area contributed by atoms with Crippen LogP contribution in [0.3, 0.4) is 0 Å². The molecular weight excluding hydrogens is 178 g/mol. The van der Waals surface area contributed by atoms with Gasteiger partial charge in [-0.15, -0.1) is 0 Å². The summed E-state index contributed by atoms with van der Waals surface area (Å²) in [5.41, 5.74) is 0. The van der Waals surface area contributed by atoms with Gasteiger partial charge in [0.2, 0.25) is 0 Å². The van der Waals surface area contributed by atoms with Crippen LogP contribution in [-0.2, 0) is 10.2 Å². The van der Waals surface area contributed by atoms with Crippen LogP contribution in [0, 0.1) is 0 Å². The van der Waals surface area contributed by atoms with Gasteiger partial charge in [0, 0.05) is 32.7 Å². The molecule has 5 nitrogen and oxygen atoms in total. The maximum Gasteiger partial charge on any atom is 0.279 e. The highest BCUT2D eigenvalue weighted by Gasteiger charge is 2.24. The highest BCUT2D eigenvalue weighted by molar-refractivity contribution is 7.87. The van der Waals surface area contributed by atoms with Gasteiger partial charge in [0.1, 0.15) is 0 Å². The predicted octanol–water partition coefficient (Wildman–Crippen LogP) is -1.26. The Bertz CT molecular complexity index is 239. The average Bonchev–Trinajstić information content (AvgIpc) is 2.05. The van der Waals surface area contributed by atoms with Gasteiger partial charge in [0.05, 0.1) is 0 Å². The van der Waals surface area contributed by atoms with Gasteiger partial charge in [-0.25, -0.2) is 4.72 Å². The minimum atomic E-state index is -3.21. The van der Waals surface area contributed by atoms with Crippen LogP contribution in [0.25, 0.3) is 0 Å². The minimum absolute atomic E-state index is 0.238. The first kappa shape index (κ1) is 9.91. The lowest BCUT2D eigenvalue weighted by molar-refractivity contribution is 0.307. The molecule has 2 N–H and O–H groups in total. The number of nitrogens with zero attached hydrogens (tertiary/aromatic N) is 1. The summed E-state index contributed by atoms with van der Waals surface area (Å²) in [6.07, 6.45) is 0. The third-order valence-corrected chi connectivity index (χ3v) is 3.46. The lowest BCUT2D eigenvalue weighted by Crippen LogP contribution is -2.53. The number of hydrogen-bond acceptors (Lipinski definition) is 3. The molecule has 1 saturated heterocycles. The third-order valence-electron chi connectivity index (χ3n) is 1.93. The molecule has 1 fully saturated rings. The van der Waals surface area contributed by atoms with E-state index in [-0.39, 0.29) is 6.04 Å². The van der Waals surface area contributed by atoms with Crippen molar-refractivity contribution in [1.29, 1.82) is 0 Å². The van der Waals surface area contributed by atoms with Crippen molar-refractivity contribution in [3.05, 3.63) is 0 Å². The number of hydrogen-bond donors (Lipinski definition) is 2. The lowest BCUT2D eigenvalue weighted by atomic mass is 10.3. The maximum atomic E-state index is 11.3. The van der Waals surface area contributed by atoms with Crippen molar-refractivity contribution < 1.29 is 8.42 Å². The Hall–Kier alpha value is -0.170. The highest BCUT2D eigenvalue weighted by Crippen LogP contribution is 2.02. The van der Waals surface area contributed by atoms with Crippen LogP contribution in [0.4, 0.5) is 0 Å². The molecule has 0 saturated carbocycles. The summed E-state index contributed by atoms with van der Waals surface area (Å²) >= 11 is 0. The Morgan fingerprint density at radius 1 is 1.58 bits per heavy atom. The van der Waals surface area contributed by atoms with Gasteiger partial charge in [-0.2, -0.15) is 12.7 Å². The third kappa shape index (κ3) is 2.16. The summed E-state index contributed by atoms with van der Waals surface area (Å²) in [7, 11) is -1.78. The van der Waals surface area contributed by atoms with Gasteiger partial charge in [-0.05, 0) is 6.92 Å². The average molecular weight is 193 g/mol. The van der Waals surface area contributed by atoms with Crippen molar-refractivity contribution in [3.63, 3.8) is 0 Å². The van der Waals surface area contributed by atoms with Crippen molar-refractivity contribution >= 4 is 10.2 Å². The molecule has 72 valence electrons. The Labute approximate surface area is 73.3 Å². The second-order valence-corrected chi connectivity index (χ2v) is 4.80. The Morgan fingerprint density at radius 3 is 2.75 bits per heavy atom. The van der Waals surface area contributed by atoms with Crippen LogP contribution in [-0.4, -0.2) is 45.4 Å². The van der Waals surface area contributed by atoms with E-state index in [1.807, 2.05) is 6.92 Å². The number of piperazine rings is 1. The summed E-state index contributed by atoms with van der Waals surface area (Å²) in [4.78, 5) is 0. The highest BCUT2D eigenvalue weighted by atomic mass is 32.2. The Morgan fingerprint density at radius 2 is 2.25 bits per heavy atom. The van der Waals surface area contributed by atoms with E-state index >= 15 is 0 Å². The molecule has 0 aromatic carbocycles. The fourth-order valence-electron chi connectivity index (χ4n) is 1.24. The zero-order chi connectivity index (χ0) is 9.19. The van der Waals surface area contributed by atoms with Crippen LogP contribution >= 0.6 is 0 Å². The molecule has 0 bridgehead atoms. The molecule has 1 aliphatic heterocycles. The summed E-state index contributed by atoms with van der Waals surface area (Å²) in [6, 6.07) is 0.238. The van der Waals surface area contributed by atoms with Crippen LogP contribution in [0.15, 0.2) is 0 Å². The van der Waals surface area contributed by atoms with Crippen LogP contribution in [0.5, 0.6) is 0 Å². The zero-order valence-electron chi connectivity index (χ0n) is 7.37. The van der Waals surface area contributed by atoms with Gasteiger partial charge >= 0.3 is 0 Å². The first-order chi connectivity index (χ1) is 5.56. The molecule has 1 atom stereocenters. The van der Waals surface area contributed by atoms with Crippen LogP contribution < -0.4 is 10.0 Å². The molecule has 0 aliphatic carbocycles. The topological polar surface area (TPSA) is 61.4 Å². The van der Waals surface area contributed by atoms with Crippen molar-refractivity contribution in [3.8, 4) is 0 Å². The van der Waals surface area contributed by atoms with E-state index in [9.17, 15) is 8.42 Å². The second-order valence-electron chi connectivity index (χ2n) is 2.92. The van der Waals surface area contributed by atoms with Gasteiger partial charge in [0.15, 0.2) is 0 Å². The van der Waals surface area contributed by atoms with Gasteiger partial charge < -0.3 is 5.32 Å². The first-order valence-electron chi connectivity index (χ1n) is 3.98. The second kappa shape index (κ2) is 3.69. The van der Waals surface area contributed by atoms with E-state index < -0.39 is 10.2 Å². The molecule has 12 heavy (non-hydrogen) atoms. The zero-order valence-corrected chi connectivity index (χ0v) is 8.19. The smallest absolute Gasteiger partial charge is 0.279 e. The van der Waals surface area contributed by atoms with Crippen molar-refractivity contribution in [2.45, 2.75) is 13.0 Å². The lowest BCUT2D eigenvalue weighted by Gasteiger charge is -2.30. The monoisotopic (exact) mass is 193 g/mol. The van der Waals surface area contributed by atoms with E-state index in [1.54, 1.807) is 0 Å². The predicted molar refractivity (Wildman–Crippen MR) is 47.0 cm³/mol. The quantitative estimate of drug-likeness (QED) is 0.576. The van der Waals surface area contributed by atoms with E-state index in [0.717, 1.165) is 6.54 Å². The normalized spacial score (nSPS) is 27.3. The minimum Gasteiger partial charge on any atom is -0.312 e. The van der Waals surface area contributed by atoms with E-state index in [0.29, 0.717) is 13.1 Å². The Kier molecular flexibility index (Phi) is 3.05. The number of nitrogens with one attached hydrogen (secondary N) is 2. The van der Waals surface area contributed by atoms with Gasteiger partial charge in [-0.1, -0.05) is 0 Å². The summed E-state index contributed by atoms with van der Waals surface area (Å²) in [6.45, 7) is 3.79. The fourth-order valence-corrected chi connectivity index (χ4v) is 2.25. The van der Waals surface area contributed by atoms with Crippen molar-refractivity contribution in [2.24, 2.45) is 0 Å². The SMILES string of the molecule is CNS(=O)(=O)N1CCNC(C)C1. The molecule has 6 heteroatoms. The molecule has 1 aliphatic rings. The molecule has 1 unspecified atom stereocenters. The van der Waals surface area contributed by atoms with Crippen LogP contribution in [0.1, 0.15) is 6.92 Å². The molecular formula is C6H15N3O2S. The molecule has 0 amide bonds. The molecule has 0 aromatic rings. The molecule has 0 radical (unpaired) electrons. The van der Waals surface area contributed by atoms with E-state index in [1.165, 1.54) is 11.4 Å².